The van der Waals surface area contributed by atoms with Gasteiger partial charge in [0.15, 0.2) is 0 Å². The lowest BCUT2D eigenvalue weighted by atomic mass is 9.90. The Kier molecular flexibility index (Phi) is 4.27. The lowest BCUT2D eigenvalue weighted by Gasteiger charge is -2.36. The molecule has 0 unspecified atom stereocenters. The van der Waals surface area contributed by atoms with E-state index in [2.05, 4.69) is 29.2 Å². The van der Waals surface area contributed by atoms with Crippen LogP contribution < -0.4 is 16.2 Å². The maximum Gasteiger partial charge on any atom is 0.287 e. The van der Waals surface area contributed by atoms with Gasteiger partial charge >= 0.3 is 0 Å². The van der Waals surface area contributed by atoms with E-state index in [-0.39, 0.29) is 16.1 Å². The summed E-state index contributed by atoms with van der Waals surface area (Å²) in [6, 6.07) is 0. The van der Waals surface area contributed by atoms with Crippen LogP contribution in [0.2, 0.25) is 5.02 Å². The van der Waals surface area contributed by atoms with Gasteiger partial charge in [-0.1, -0.05) is 17.7 Å². The molecule has 0 spiro atoms. The van der Waals surface area contributed by atoms with Gasteiger partial charge in [-0.3, -0.25) is 4.79 Å². The number of aromatic nitrogens is 2. The molecule has 1 saturated heterocycles. The van der Waals surface area contributed by atoms with Gasteiger partial charge in [-0.2, -0.15) is 5.10 Å². The summed E-state index contributed by atoms with van der Waals surface area (Å²) in [4.78, 5) is 12.0. The van der Waals surface area contributed by atoms with Crippen LogP contribution in [0.15, 0.2) is 23.6 Å². The van der Waals surface area contributed by atoms with Crippen LogP contribution in [0.1, 0.15) is 19.8 Å². The molecule has 2 heterocycles. The number of rotatable bonds is 4. The van der Waals surface area contributed by atoms with E-state index >= 15 is 0 Å². The predicted molar refractivity (Wildman–Crippen MR) is 77.8 cm³/mol. The molecular weight excluding hydrogens is 264 g/mol. The summed E-state index contributed by atoms with van der Waals surface area (Å²) in [5.41, 5.74) is 0.272. The van der Waals surface area contributed by atoms with Gasteiger partial charge in [0, 0.05) is 5.54 Å². The summed E-state index contributed by atoms with van der Waals surface area (Å²) in [5, 5.41) is 11.0. The van der Waals surface area contributed by atoms with Crippen LogP contribution in [0, 0.1) is 0 Å². The number of halogens is 1. The molecule has 2 N–H and O–H groups in total. The topological polar surface area (TPSA) is 59.0 Å². The third kappa shape index (κ3) is 3.16. The van der Waals surface area contributed by atoms with E-state index in [9.17, 15) is 4.79 Å². The predicted octanol–water partition coefficient (Wildman–Crippen LogP) is 1.64. The average Bonchev–Trinajstić information content (AvgIpc) is 2.39. The normalized spacial score (nSPS) is 18.0. The van der Waals surface area contributed by atoms with Crippen molar-refractivity contribution in [3.05, 3.63) is 34.2 Å². The van der Waals surface area contributed by atoms with Gasteiger partial charge in [0.2, 0.25) is 0 Å². The van der Waals surface area contributed by atoms with Crippen LogP contribution >= 0.6 is 11.6 Å². The second-order valence-corrected chi connectivity index (χ2v) is 5.46. The Morgan fingerprint density at radius 3 is 2.95 bits per heavy atom. The van der Waals surface area contributed by atoms with Crippen molar-refractivity contribution in [1.29, 1.82) is 0 Å². The largest absolute Gasteiger partial charge is 0.377 e. The van der Waals surface area contributed by atoms with E-state index < -0.39 is 0 Å². The lowest BCUT2D eigenvalue weighted by molar-refractivity contribution is 0.365. The van der Waals surface area contributed by atoms with Crippen molar-refractivity contribution in [2.24, 2.45) is 0 Å². The summed E-state index contributed by atoms with van der Waals surface area (Å²) in [5.74, 6) is 0. The maximum atomic E-state index is 12.0. The molecule has 1 aliphatic heterocycles. The summed E-state index contributed by atoms with van der Waals surface area (Å²) >= 11 is 6.13. The highest BCUT2D eigenvalue weighted by Crippen LogP contribution is 2.26. The van der Waals surface area contributed by atoms with E-state index in [1.54, 1.807) is 12.3 Å². The molecule has 2 rings (SSSR count). The molecule has 1 aromatic rings. The zero-order valence-corrected chi connectivity index (χ0v) is 11.8. The average molecular weight is 283 g/mol. The molecule has 0 saturated carbocycles. The SMILES string of the molecule is C=CCn1ncc(NC2(C)CCNCC2)c(Cl)c1=O. The quantitative estimate of drug-likeness (QED) is 0.824. The van der Waals surface area contributed by atoms with Gasteiger partial charge in [-0.05, 0) is 32.9 Å². The Hall–Kier alpha value is -1.33. The minimum Gasteiger partial charge on any atom is -0.377 e. The highest BCUT2D eigenvalue weighted by Gasteiger charge is 2.27. The Labute approximate surface area is 117 Å². The first-order chi connectivity index (χ1) is 9.06. The second kappa shape index (κ2) is 5.75. The maximum absolute atomic E-state index is 12.0. The van der Waals surface area contributed by atoms with Crippen LogP contribution in [-0.4, -0.2) is 28.4 Å². The number of hydrogen-bond acceptors (Lipinski definition) is 4. The Balaban J connectivity index is 2.23. The number of anilines is 1. The lowest BCUT2D eigenvalue weighted by Crippen LogP contribution is -2.45. The fourth-order valence-corrected chi connectivity index (χ4v) is 2.43. The van der Waals surface area contributed by atoms with Crippen molar-refractivity contribution in [2.75, 3.05) is 18.4 Å². The van der Waals surface area contributed by atoms with E-state index in [1.165, 1.54) is 4.68 Å². The molecule has 5 nitrogen and oxygen atoms in total. The van der Waals surface area contributed by atoms with E-state index in [4.69, 9.17) is 11.6 Å². The highest BCUT2D eigenvalue weighted by molar-refractivity contribution is 6.32. The summed E-state index contributed by atoms with van der Waals surface area (Å²) in [6.07, 6.45) is 5.20. The molecule has 6 heteroatoms. The van der Waals surface area contributed by atoms with E-state index in [0.29, 0.717) is 12.2 Å². The van der Waals surface area contributed by atoms with Crippen molar-refractivity contribution in [3.8, 4) is 0 Å². The Morgan fingerprint density at radius 2 is 2.32 bits per heavy atom. The third-order valence-electron chi connectivity index (χ3n) is 3.43. The first-order valence-electron chi connectivity index (χ1n) is 6.41. The number of hydrogen-bond donors (Lipinski definition) is 2. The fourth-order valence-electron chi connectivity index (χ4n) is 2.23. The van der Waals surface area contributed by atoms with Gasteiger partial charge in [0.05, 0.1) is 18.4 Å². The van der Waals surface area contributed by atoms with E-state index in [1.807, 2.05) is 0 Å². The van der Waals surface area contributed by atoms with Gasteiger partial charge in [-0.15, -0.1) is 6.58 Å². The number of nitrogens with one attached hydrogen (secondary N) is 2. The molecule has 1 aromatic heterocycles. The summed E-state index contributed by atoms with van der Waals surface area (Å²) in [7, 11) is 0. The van der Waals surface area contributed by atoms with Gasteiger partial charge in [0.1, 0.15) is 5.02 Å². The molecule has 0 amide bonds. The minimum absolute atomic E-state index is 0.0480. The Morgan fingerprint density at radius 1 is 1.63 bits per heavy atom. The molecule has 0 atom stereocenters. The van der Waals surface area contributed by atoms with Crippen molar-refractivity contribution in [3.63, 3.8) is 0 Å². The molecule has 19 heavy (non-hydrogen) atoms. The van der Waals surface area contributed by atoms with Gasteiger partial charge < -0.3 is 10.6 Å². The molecule has 0 aliphatic carbocycles. The number of nitrogens with zero attached hydrogens (tertiary/aromatic N) is 2. The van der Waals surface area contributed by atoms with E-state index in [0.717, 1.165) is 25.9 Å². The molecule has 0 aromatic carbocycles. The van der Waals surface area contributed by atoms with Crippen molar-refractivity contribution in [1.82, 2.24) is 15.1 Å². The van der Waals surface area contributed by atoms with Crippen LogP contribution in [0.5, 0.6) is 0 Å². The van der Waals surface area contributed by atoms with Crippen LogP contribution in [-0.2, 0) is 6.54 Å². The zero-order valence-electron chi connectivity index (χ0n) is 11.1. The molecule has 1 aliphatic rings. The molecule has 0 bridgehead atoms. The van der Waals surface area contributed by atoms with Gasteiger partial charge in [0.25, 0.3) is 5.56 Å². The zero-order chi connectivity index (χ0) is 13.9. The molecule has 0 radical (unpaired) electrons. The smallest absolute Gasteiger partial charge is 0.287 e. The van der Waals surface area contributed by atoms with Crippen LogP contribution in [0.3, 0.4) is 0 Å². The van der Waals surface area contributed by atoms with Gasteiger partial charge in [-0.25, -0.2) is 4.68 Å². The highest BCUT2D eigenvalue weighted by atomic mass is 35.5. The standard InChI is InChI=1S/C13H19ClN4O/c1-3-8-18-12(19)11(14)10(9-16-18)17-13(2)4-6-15-7-5-13/h3,9,15,17H,1,4-8H2,2H3. The Bertz CT molecular complexity index is 520. The first kappa shape index (κ1) is 14.1. The second-order valence-electron chi connectivity index (χ2n) is 5.08. The van der Waals surface area contributed by atoms with Crippen molar-refractivity contribution >= 4 is 17.3 Å². The minimum atomic E-state index is -0.288. The molecule has 104 valence electrons. The summed E-state index contributed by atoms with van der Waals surface area (Å²) in [6.45, 7) is 8.01. The third-order valence-corrected chi connectivity index (χ3v) is 3.80. The van der Waals surface area contributed by atoms with Crippen molar-refractivity contribution < 1.29 is 0 Å². The van der Waals surface area contributed by atoms with Crippen molar-refractivity contribution in [2.45, 2.75) is 31.8 Å². The monoisotopic (exact) mass is 282 g/mol. The fraction of sp³-hybridized carbons (Fsp3) is 0.538. The summed E-state index contributed by atoms with van der Waals surface area (Å²) < 4.78 is 1.30. The molecule has 1 fully saturated rings. The molecular formula is C13H19ClN4O. The van der Waals surface area contributed by atoms with Crippen LogP contribution in [0.25, 0.3) is 0 Å². The first-order valence-corrected chi connectivity index (χ1v) is 6.79. The van der Waals surface area contributed by atoms with Crippen LogP contribution in [0.4, 0.5) is 5.69 Å². The number of piperidine rings is 1. The number of allylic oxidation sites excluding steroid dienone is 1.